The van der Waals surface area contributed by atoms with Gasteiger partial charge in [-0.05, 0) is 37.8 Å². The highest BCUT2D eigenvalue weighted by Gasteiger charge is 2.24. The number of hydrogen-bond donors (Lipinski definition) is 1. The largest absolute Gasteiger partial charge is 0.481 e. The van der Waals surface area contributed by atoms with E-state index in [4.69, 9.17) is 9.84 Å². The number of hydrogen-bond acceptors (Lipinski definition) is 5. The molecule has 0 bridgehead atoms. The Kier molecular flexibility index (Phi) is 5.14. The van der Waals surface area contributed by atoms with Crippen LogP contribution in [0.4, 0.5) is 5.82 Å². The molecule has 6 nitrogen and oxygen atoms in total. The van der Waals surface area contributed by atoms with Crippen molar-refractivity contribution >= 4 is 17.8 Å². The molecule has 1 aromatic heterocycles. The summed E-state index contributed by atoms with van der Waals surface area (Å²) in [7, 11) is 0. The third-order valence-corrected chi connectivity index (χ3v) is 3.64. The third-order valence-electron chi connectivity index (χ3n) is 3.64. The number of carbonyl (C=O) groups is 2. The highest BCUT2D eigenvalue weighted by atomic mass is 16.5. The molecular formula is C15H20N2O4. The normalized spacial score (nSPS) is 17.8. The summed E-state index contributed by atoms with van der Waals surface area (Å²) in [6.07, 6.45) is 3.42. The molecule has 1 aliphatic heterocycles. The third kappa shape index (κ3) is 4.18. The molecule has 0 amide bonds. The van der Waals surface area contributed by atoms with Gasteiger partial charge < -0.3 is 14.7 Å². The van der Waals surface area contributed by atoms with Gasteiger partial charge in [0.2, 0.25) is 0 Å². The first-order chi connectivity index (χ1) is 10.1. The molecule has 1 unspecified atom stereocenters. The summed E-state index contributed by atoms with van der Waals surface area (Å²) in [4.78, 5) is 28.6. The van der Waals surface area contributed by atoms with Crippen LogP contribution in [0, 0.1) is 5.92 Å². The molecule has 1 fully saturated rings. The summed E-state index contributed by atoms with van der Waals surface area (Å²) < 4.78 is 4.92. The molecule has 6 heteroatoms. The topological polar surface area (TPSA) is 79.7 Å². The minimum absolute atomic E-state index is 0.216. The Hall–Kier alpha value is -2.11. The zero-order chi connectivity index (χ0) is 15.2. The van der Waals surface area contributed by atoms with Crippen molar-refractivity contribution in [2.75, 3.05) is 24.6 Å². The van der Waals surface area contributed by atoms with Gasteiger partial charge in [0.05, 0.1) is 12.2 Å². The van der Waals surface area contributed by atoms with Crippen LogP contribution in [0.5, 0.6) is 0 Å². The second kappa shape index (κ2) is 7.06. The Bertz CT molecular complexity index is 501. The zero-order valence-electron chi connectivity index (χ0n) is 12.1. The molecule has 2 rings (SSSR count). The van der Waals surface area contributed by atoms with E-state index in [9.17, 15) is 9.59 Å². The summed E-state index contributed by atoms with van der Waals surface area (Å²) in [6.45, 7) is 3.80. The van der Waals surface area contributed by atoms with Crippen molar-refractivity contribution in [3.8, 4) is 0 Å². The average Bonchev–Trinajstić information content (AvgIpc) is 2.94. The van der Waals surface area contributed by atoms with Crippen LogP contribution in [-0.2, 0) is 9.53 Å². The Morgan fingerprint density at radius 3 is 2.90 bits per heavy atom. The summed E-state index contributed by atoms with van der Waals surface area (Å²) >= 11 is 0. The predicted octanol–water partition coefficient (Wildman–Crippen LogP) is 1.95. The number of carboxylic acids is 1. The maximum Gasteiger partial charge on any atom is 0.339 e. The van der Waals surface area contributed by atoms with E-state index in [2.05, 4.69) is 9.88 Å². The molecule has 0 aromatic carbocycles. The molecule has 0 radical (unpaired) electrons. The molecular weight excluding hydrogens is 272 g/mol. The van der Waals surface area contributed by atoms with Crippen LogP contribution in [0.3, 0.4) is 0 Å². The van der Waals surface area contributed by atoms with Gasteiger partial charge in [-0.3, -0.25) is 4.79 Å². The number of ether oxygens (including phenoxy) is 1. The lowest BCUT2D eigenvalue weighted by Crippen LogP contribution is -2.21. The molecule has 1 atom stereocenters. The molecule has 21 heavy (non-hydrogen) atoms. The lowest BCUT2D eigenvalue weighted by molar-refractivity contribution is -0.137. The smallest absolute Gasteiger partial charge is 0.339 e. The van der Waals surface area contributed by atoms with E-state index in [-0.39, 0.29) is 12.4 Å². The number of aromatic nitrogens is 1. The Morgan fingerprint density at radius 2 is 2.29 bits per heavy atom. The minimum Gasteiger partial charge on any atom is -0.481 e. The lowest BCUT2D eigenvalue weighted by atomic mass is 10.0. The van der Waals surface area contributed by atoms with Crippen LogP contribution in [0.25, 0.3) is 0 Å². The maximum absolute atomic E-state index is 11.5. The van der Waals surface area contributed by atoms with E-state index < -0.39 is 5.97 Å². The molecule has 114 valence electrons. The fraction of sp³-hybridized carbons (Fsp3) is 0.533. The SMILES string of the molecule is CCOC(=O)c1ccc(N2CCC(CCC(=O)O)C2)nc1. The van der Waals surface area contributed by atoms with Crippen LogP contribution in [0.2, 0.25) is 0 Å². The molecule has 2 heterocycles. The number of carboxylic acid groups (broad SMARTS) is 1. The van der Waals surface area contributed by atoms with Crippen molar-refractivity contribution < 1.29 is 19.4 Å². The minimum atomic E-state index is -0.745. The average molecular weight is 292 g/mol. The van der Waals surface area contributed by atoms with Crippen LogP contribution >= 0.6 is 0 Å². The fourth-order valence-electron chi connectivity index (χ4n) is 2.51. The van der Waals surface area contributed by atoms with Crippen LogP contribution in [-0.4, -0.2) is 41.7 Å². The number of rotatable bonds is 6. The first-order valence-corrected chi connectivity index (χ1v) is 7.20. The Balaban J connectivity index is 1.91. The van der Waals surface area contributed by atoms with Gasteiger partial charge >= 0.3 is 11.9 Å². The van der Waals surface area contributed by atoms with Gasteiger partial charge in [-0.15, -0.1) is 0 Å². The van der Waals surface area contributed by atoms with Crippen molar-refractivity contribution in [2.45, 2.75) is 26.2 Å². The van der Waals surface area contributed by atoms with Crippen LogP contribution in [0.15, 0.2) is 18.3 Å². The Labute approximate surface area is 123 Å². The number of pyridine rings is 1. The lowest BCUT2D eigenvalue weighted by Gasteiger charge is -2.17. The van der Waals surface area contributed by atoms with E-state index in [0.717, 1.165) is 25.3 Å². The first-order valence-electron chi connectivity index (χ1n) is 7.20. The maximum atomic E-state index is 11.5. The van der Waals surface area contributed by atoms with E-state index in [1.807, 2.05) is 6.07 Å². The first kappa shape index (κ1) is 15.3. The predicted molar refractivity (Wildman–Crippen MR) is 77.4 cm³/mol. The molecule has 1 saturated heterocycles. The summed E-state index contributed by atoms with van der Waals surface area (Å²) in [6, 6.07) is 3.52. The van der Waals surface area contributed by atoms with Gasteiger partial charge in [-0.1, -0.05) is 0 Å². The van der Waals surface area contributed by atoms with Gasteiger partial charge in [0, 0.05) is 25.7 Å². The van der Waals surface area contributed by atoms with Gasteiger partial charge in [0.25, 0.3) is 0 Å². The van der Waals surface area contributed by atoms with Crippen LogP contribution < -0.4 is 4.90 Å². The molecule has 1 aromatic rings. The molecule has 1 N–H and O–H groups in total. The molecule has 0 saturated carbocycles. The van der Waals surface area contributed by atoms with Gasteiger partial charge in [0.15, 0.2) is 0 Å². The number of aliphatic carboxylic acids is 1. The molecule has 0 aliphatic carbocycles. The fourth-order valence-corrected chi connectivity index (χ4v) is 2.51. The highest BCUT2D eigenvalue weighted by molar-refractivity contribution is 5.89. The van der Waals surface area contributed by atoms with Crippen molar-refractivity contribution in [2.24, 2.45) is 5.92 Å². The van der Waals surface area contributed by atoms with E-state index in [0.29, 0.717) is 24.5 Å². The standard InChI is InChI=1S/C15H20N2O4/c1-2-21-15(20)12-4-5-13(16-9-12)17-8-7-11(10-17)3-6-14(18)19/h4-5,9,11H,2-3,6-8,10H2,1H3,(H,18,19). The number of carbonyl (C=O) groups excluding carboxylic acids is 1. The second-order valence-electron chi connectivity index (χ2n) is 5.16. The van der Waals surface area contributed by atoms with Crippen LogP contribution in [0.1, 0.15) is 36.5 Å². The quantitative estimate of drug-likeness (QED) is 0.807. The van der Waals surface area contributed by atoms with E-state index >= 15 is 0 Å². The summed E-state index contributed by atoms with van der Waals surface area (Å²) in [5, 5.41) is 8.71. The van der Waals surface area contributed by atoms with Gasteiger partial charge in [0.1, 0.15) is 5.82 Å². The Morgan fingerprint density at radius 1 is 1.48 bits per heavy atom. The van der Waals surface area contributed by atoms with Crippen molar-refractivity contribution in [1.82, 2.24) is 4.98 Å². The van der Waals surface area contributed by atoms with E-state index in [1.165, 1.54) is 6.20 Å². The molecule has 0 spiro atoms. The van der Waals surface area contributed by atoms with E-state index in [1.54, 1.807) is 13.0 Å². The highest BCUT2D eigenvalue weighted by Crippen LogP contribution is 2.25. The summed E-state index contributed by atoms with van der Waals surface area (Å²) in [5.41, 5.74) is 0.447. The molecule has 1 aliphatic rings. The number of nitrogens with zero attached hydrogens (tertiary/aromatic N) is 2. The van der Waals surface area contributed by atoms with Crippen molar-refractivity contribution in [1.29, 1.82) is 0 Å². The zero-order valence-corrected chi connectivity index (χ0v) is 12.1. The van der Waals surface area contributed by atoms with Gasteiger partial charge in [-0.25, -0.2) is 9.78 Å². The number of esters is 1. The van der Waals surface area contributed by atoms with Crippen molar-refractivity contribution in [3.63, 3.8) is 0 Å². The summed E-state index contributed by atoms with van der Waals surface area (Å²) in [5.74, 6) is 0.108. The van der Waals surface area contributed by atoms with Gasteiger partial charge in [-0.2, -0.15) is 0 Å². The van der Waals surface area contributed by atoms with Crippen molar-refractivity contribution in [3.05, 3.63) is 23.9 Å². The number of anilines is 1. The second-order valence-corrected chi connectivity index (χ2v) is 5.16. The monoisotopic (exact) mass is 292 g/mol.